The van der Waals surface area contributed by atoms with E-state index in [1.54, 1.807) is 6.92 Å². The summed E-state index contributed by atoms with van der Waals surface area (Å²) in [6.45, 7) is 2.25. The maximum atomic E-state index is 10.2. The molecule has 0 saturated carbocycles. The average Bonchev–Trinajstić information content (AvgIpc) is 1.68. The van der Waals surface area contributed by atoms with E-state index < -0.39 is 9.17 Å². The van der Waals surface area contributed by atoms with Crippen molar-refractivity contribution in [1.82, 2.24) is 0 Å². The molecule has 3 nitrogen and oxygen atoms in total. The SMILES string of the molecule is CCO[Si](=O)O[SiH3]. The molecule has 0 aromatic rings. The highest BCUT2D eigenvalue weighted by Crippen LogP contribution is 1.70. The van der Waals surface area contributed by atoms with E-state index in [1.807, 2.05) is 0 Å². The Balaban J connectivity index is 3.00. The van der Waals surface area contributed by atoms with Gasteiger partial charge in [-0.3, -0.25) is 4.46 Å². The Kier molecular flexibility index (Phi) is 3.91. The summed E-state index contributed by atoms with van der Waals surface area (Å²) in [5.74, 6) is 0. The smallest absolute Gasteiger partial charge is 0.560 e. The predicted octanol–water partition coefficient (Wildman–Crippen LogP) is -1.26. The molecule has 0 aliphatic rings. The first-order valence-electron chi connectivity index (χ1n) is 2.02. The molecule has 0 aromatic heterocycles. The molecular weight excluding hydrogens is 128 g/mol. The van der Waals surface area contributed by atoms with Crippen LogP contribution in [-0.2, 0) is 13.0 Å². The van der Waals surface area contributed by atoms with Crippen LogP contribution in [0.2, 0.25) is 0 Å². The third kappa shape index (κ3) is 3.67. The van der Waals surface area contributed by atoms with E-state index in [2.05, 4.69) is 8.54 Å². The van der Waals surface area contributed by atoms with E-state index in [0.717, 1.165) is 0 Å². The van der Waals surface area contributed by atoms with Gasteiger partial charge in [0, 0.05) is 0 Å². The van der Waals surface area contributed by atoms with Gasteiger partial charge in [-0.25, -0.2) is 0 Å². The van der Waals surface area contributed by atoms with Gasteiger partial charge in [-0.15, -0.1) is 0 Å². The van der Waals surface area contributed by atoms with Gasteiger partial charge in [0.15, 0.2) is 10.5 Å². The molecule has 0 saturated heterocycles. The van der Waals surface area contributed by atoms with E-state index in [0.29, 0.717) is 17.1 Å². The maximum absolute atomic E-state index is 10.2. The summed E-state index contributed by atoms with van der Waals surface area (Å²) in [6, 6.07) is 0. The van der Waals surface area contributed by atoms with Gasteiger partial charge >= 0.3 is 9.17 Å². The Morgan fingerprint density at radius 1 is 1.86 bits per heavy atom. The molecular formula is C2H8O3Si2. The van der Waals surface area contributed by atoms with Crippen molar-refractivity contribution in [3.63, 3.8) is 0 Å². The van der Waals surface area contributed by atoms with Crippen LogP contribution >= 0.6 is 0 Å². The molecule has 5 heteroatoms. The molecule has 0 N–H and O–H groups in total. The first-order valence-corrected chi connectivity index (χ1v) is 4.06. The normalized spacial score (nSPS) is 8.14. The molecule has 0 amide bonds. The molecule has 0 radical (unpaired) electrons. The van der Waals surface area contributed by atoms with Crippen LogP contribution in [-0.4, -0.2) is 26.3 Å². The highest BCUT2D eigenvalue weighted by atomic mass is 28.3. The van der Waals surface area contributed by atoms with E-state index >= 15 is 0 Å². The fourth-order valence-electron chi connectivity index (χ4n) is 0.177. The van der Waals surface area contributed by atoms with Gasteiger partial charge in [0.2, 0.25) is 0 Å². The van der Waals surface area contributed by atoms with E-state index in [1.165, 1.54) is 0 Å². The third-order valence-electron chi connectivity index (χ3n) is 0.429. The maximum Gasteiger partial charge on any atom is 0.751 e. The van der Waals surface area contributed by atoms with Crippen molar-refractivity contribution in [2.24, 2.45) is 0 Å². The summed E-state index contributed by atoms with van der Waals surface area (Å²) in [7, 11) is -1.57. The first-order chi connectivity index (χ1) is 3.31. The number of hydrogen-bond donors (Lipinski definition) is 0. The number of rotatable bonds is 3. The van der Waals surface area contributed by atoms with Crippen molar-refractivity contribution >= 4 is 19.7 Å². The van der Waals surface area contributed by atoms with Gasteiger partial charge in [0.1, 0.15) is 0 Å². The van der Waals surface area contributed by atoms with Gasteiger partial charge in [-0.2, -0.15) is 0 Å². The summed E-state index contributed by atoms with van der Waals surface area (Å²) < 4.78 is 19.2. The average molecular weight is 136 g/mol. The Morgan fingerprint density at radius 2 is 2.43 bits per heavy atom. The minimum absolute atomic E-state index is 0.472. The highest BCUT2D eigenvalue weighted by Gasteiger charge is 2.01. The Hall–Kier alpha value is -0.166. The van der Waals surface area contributed by atoms with E-state index in [9.17, 15) is 4.46 Å². The Bertz CT molecular complexity index is 64.0. The lowest BCUT2D eigenvalue weighted by atomic mass is 10.9. The molecule has 0 spiro atoms. The molecule has 0 fully saturated rings. The topological polar surface area (TPSA) is 35.5 Å². The summed E-state index contributed by atoms with van der Waals surface area (Å²) in [5.41, 5.74) is 0. The molecule has 0 atom stereocenters. The van der Waals surface area contributed by atoms with Crippen LogP contribution in [0, 0.1) is 0 Å². The van der Waals surface area contributed by atoms with Gasteiger partial charge in [-0.1, -0.05) is 0 Å². The van der Waals surface area contributed by atoms with Crippen LogP contribution in [0.1, 0.15) is 6.92 Å². The fraction of sp³-hybridized carbons (Fsp3) is 1.00. The predicted molar refractivity (Wildman–Crippen MR) is 29.1 cm³/mol. The lowest BCUT2D eigenvalue weighted by Gasteiger charge is -1.94. The lowest BCUT2D eigenvalue weighted by Crippen LogP contribution is -2.09. The van der Waals surface area contributed by atoms with Crippen molar-refractivity contribution < 1.29 is 13.0 Å². The molecule has 0 unspecified atom stereocenters. The number of hydrogen-bond acceptors (Lipinski definition) is 3. The zero-order chi connectivity index (χ0) is 5.70. The van der Waals surface area contributed by atoms with E-state index in [-0.39, 0.29) is 0 Å². The van der Waals surface area contributed by atoms with Crippen LogP contribution in [0.5, 0.6) is 0 Å². The Labute approximate surface area is 47.1 Å². The molecule has 7 heavy (non-hydrogen) atoms. The summed E-state index contributed by atoms with van der Waals surface area (Å²) in [6.07, 6.45) is 0. The van der Waals surface area contributed by atoms with Crippen molar-refractivity contribution in [2.45, 2.75) is 6.92 Å². The summed E-state index contributed by atoms with van der Waals surface area (Å²) >= 11 is 0. The second-order valence-corrected chi connectivity index (χ2v) is 3.31. The molecule has 0 aliphatic carbocycles. The largest absolute Gasteiger partial charge is 0.751 e. The summed E-state index contributed by atoms with van der Waals surface area (Å²) in [5, 5.41) is 0. The molecule has 42 valence electrons. The Morgan fingerprint density at radius 3 is 2.57 bits per heavy atom. The fourth-order valence-corrected chi connectivity index (χ4v) is 0.884. The quantitative estimate of drug-likeness (QED) is 0.454. The van der Waals surface area contributed by atoms with Crippen molar-refractivity contribution in [2.75, 3.05) is 6.61 Å². The van der Waals surface area contributed by atoms with Crippen LogP contribution in [0.15, 0.2) is 0 Å². The summed E-state index contributed by atoms with van der Waals surface area (Å²) in [4.78, 5) is 0. The highest BCUT2D eigenvalue weighted by molar-refractivity contribution is 6.33. The second-order valence-electron chi connectivity index (χ2n) is 0.887. The van der Waals surface area contributed by atoms with Crippen LogP contribution in [0.3, 0.4) is 0 Å². The van der Waals surface area contributed by atoms with Gasteiger partial charge in [0.25, 0.3) is 0 Å². The second kappa shape index (κ2) is 4.01. The van der Waals surface area contributed by atoms with Gasteiger partial charge < -0.3 is 8.54 Å². The molecule has 0 rings (SSSR count). The van der Waals surface area contributed by atoms with Crippen LogP contribution in [0.4, 0.5) is 0 Å². The zero-order valence-electron chi connectivity index (χ0n) is 4.43. The standard InChI is InChI=1S/C2H8O3Si2/c1-2-4-7(3)5-6/h2H2,1,6H3. The molecule has 0 bridgehead atoms. The van der Waals surface area contributed by atoms with Crippen molar-refractivity contribution in [1.29, 1.82) is 0 Å². The van der Waals surface area contributed by atoms with Crippen LogP contribution < -0.4 is 0 Å². The van der Waals surface area contributed by atoms with Crippen molar-refractivity contribution in [3.05, 3.63) is 0 Å². The zero-order valence-corrected chi connectivity index (χ0v) is 7.43. The van der Waals surface area contributed by atoms with Crippen molar-refractivity contribution in [3.8, 4) is 0 Å². The lowest BCUT2D eigenvalue weighted by molar-refractivity contribution is 0.249. The van der Waals surface area contributed by atoms with Gasteiger partial charge in [0.05, 0.1) is 6.61 Å². The van der Waals surface area contributed by atoms with Gasteiger partial charge in [-0.05, 0) is 6.92 Å². The molecule has 0 aliphatic heterocycles. The minimum Gasteiger partial charge on any atom is -0.560 e. The monoisotopic (exact) mass is 136 g/mol. The van der Waals surface area contributed by atoms with Crippen LogP contribution in [0.25, 0.3) is 0 Å². The molecule has 0 heterocycles. The molecule has 0 aromatic carbocycles. The minimum atomic E-state index is -2.07. The first kappa shape index (κ1) is 6.83. The third-order valence-corrected chi connectivity index (χ3v) is 2.29. The van der Waals surface area contributed by atoms with E-state index in [4.69, 9.17) is 0 Å².